The van der Waals surface area contributed by atoms with Gasteiger partial charge >= 0.3 is 0 Å². The van der Waals surface area contributed by atoms with E-state index >= 15 is 0 Å². The van der Waals surface area contributed by atoms with Crippen molar-refractivity contribution in [1.82, 2.24) is 9.78 Å². The van der Waals surface area contributed by atoms with Gasteiger partial charge in [0.05, 0.1) is 17.0 Å². The van der Waals surface area contributed by atoms with E-state index in [2.05, 4.69) is 17.9 Å². The maximum atomic E-state index is 5.36. The molecule has 64 valence electrons. The topological polar surface area (TPSA) is 17.8 Å². The minimum atomic E-state index is 0.948. The molecule has 0 radical (unpaired) electrons. The molecule has 0 N–H and O–H groups in total. The van der Waals surface area contributed by atoms with Crippen LogP contribution in [-0.4, -0.2) is 9.78 Å². The van der Waals surface area contributed by atoms with Gasteiger partial charge in [-0.15, -0.1) is 6.42 Å². The second-order valence-corrected chi connectivity index (χ2v) is 2.91. The normalized spacial score (nSPS) is 9.83. The van der Waals surface area contributed by atoms with Crippen LogP contribution in [0.2, 0.25) is 0 Å². The van der Waals surface area contributed by atoms with Crippen LogP contribution < -0.4 is 0 Å². The van der Waals surface area contributed by atoms with Gasteiger partial charge in [0.25, 0.3) is 0 Å². The summed E-state index contributed by atoms with van der Waals surface area (Å²) in [4.78, 5) is 0. The van der Waals surface area contributed by atoms with Crippen molar-refractivity contribution in [2.24, 2.45) is 0 Å². The summed E-state index contributed by atoms with van der Waals surface area (Å²) in [6.07, 6.45) is 6.45. The lowest BCUT2D eigenvalue weighted by atomic mass is 10.2. The monoisotopic (exact) mass is 162 g/mol. The first-order chi connectivity index (χ1) is 5.70. The summed E-state index contributed by atoms with van der Waals surface area (Å²) >= 11 is 0. The van der Waals surface area contributed by atoms with Crippen LogP contribution in [0.4, 0.5) is 0 Å². The zero-order chi connectivity index (χ0) is 9.14. The first-order valence-electron chi connectivity index (χ1n) is 4.21. The molecule has 1 aromatic heterocycles. The highest BCUT2D eigenvalue weighted by atomic mass is 15.3. The Labute approximate surface area is 73.6 Å². The second kappa shape index (κ2) is 3.44. The van der Waals surface area contributed by atoms with Crippen LogP contribution in [0.15, 0.2) is 0 Å². The van der Waals surface area contributed by atoms with Crippen molar-refractivity contribution in [3.05, 3.63) is 17.0 Å². The molecule has 0 aliphatic carbocycles. The largest absolute Gasteiger partial charge is 0.268 e. The average molecular weight is 162 g/mol. The number of hydrogen-bond donors (Lipinski definition) is 0. The lowest BCUT2D eigenvalue weighted by molar-refractivity contribution is 0.583. The number of rotatable bonds is 2. The van der Waals surface area contributed by atoms with E-state index in [1.54, 1.807) is 0 Å². The highest BCUT2D eigenvalue weighted by molar-refractivity contribution is 5.39. The van der Waals surface area contributed by atoms with Gasteiger partial charge in [-0.2, -0.15) is 5.10 Å². The summed E-state index contributed by atoms with van der Waals surface area (Å²) in [6, 6.07) is 0. The number of nitrogens with zero attached hydrogens (tertiary/aromatic N) is 2. The van der Waals surface area contributed by atoms with Crippen molar-refractivity contribution in [3.8, 4) is 12.3 Å². The number of aryl methyl sites for hydroxylation is 2. The molecule has 0 saturated carbocycles. The van der Waals surface area contributed by atoms with Gasteiger partial charge in [-0.05, 0) is 20.3 Å². The van der Waals surface area contributed by atoms with Crippen molar-refractivity contribution in [3.63, 3.8) is 0 Å². The molecule has 0 unspecified atom stereocenters. The van der Waals surface area contributed by atoms with E-state index in [0.717, 1.165) is 29.9 Å². The molecule has 0 aliphatic heterocycles. The molecule has 0 saturated heterocycles. The zero-order valence-electron chi connectivity index (χ0n) is 7.89. The molecule has 0 fully saturated rings. The molecule has 0 bridgehead atoms. The highest BCUT2D eigenvalue weighted by Gasteiger charge is 2.07. The van der Waals surface area contributed by atoms with E-state index in [-0.39, 0.29) is 0 Å². The minimum absolute atomic E-state index is 0.948. The summed E-state index contributed by atoms with van der Waals surface area (Å²) in [5, 5.41) is 4.34. The van der Waals surface area contributed by atoms with Crippen molar-refractivity contribution in [2.45, 2.75) is 33.7 Å². The first-order valence-corrected chi connectivity index (χ1v) is 4.21. The first kappa shape index (κ1) is 8.86. The summed E-state index contributed by atoms with van der Waals surface area (Å²) in [7, 11) is 0. The third kappa shape index (κ3) is 1.35. The quantitative estimate of drug-likeness (QED) is 0.607. The molecule has 2 heteroatoms. The average Bonchev–Trinajstić information content (AvgIpc) is 2.29. The maximum Gasteiger partial charge on any atom is 0.0752 e. The molecular weight excluding hydrogens is 148 g/mol. The number of hydrogen-bond acceptors (Lipinski definition) is 1. The van der Waals surface area contributed by atoms with Crippen molar-refractivity contribution < 1.29 is 0 Å². The van der Waals surface area contributed by atoms with E-state index in [9.17, 15) is 0 Å². The Kier molecular flexibility index (Phi) is 2.54. The Morgan fingerprint density at radius 3 is 2.58 bits per heavy atom. The molecule has 0 spiro atoms. The van der Waals surface area contributed by atoms with Gasteiger partial charge in [0, 0.05) is 6.54 Å². The molecule has 0 aliphatic rings. The smallest absolute Gasteiger partial charge is 0.0752 e. The highest BCUT2D eigenvalue weighted by Crippen LogP contribution is 2.11. The molecule has 12 heavy (non-hydrogen) atoms. The van der Waals surface area contributed by atoms with E-state index < -0.39 is 0 Å². The Bertz CT molecular complexity index is 315. The molecule has 1 aromatic rings. The van der Waals surface area contributed by atoms with Gasteiger partial charge < -0.3 is 0 Å². The summed E-state index contributed by atoms with van der Waals surface area (Å²) < 4.78 is 1.98. The van der Waals surface area contributed by atoms with Crippen molar-refractivity contribution >= 4 is 0 Å². The maximum absolute atomic E-state index is 5.36. The molecule has 0 aromatic carbocycles. The molecule has 0 amide bonds. The van der Waals surface area contributed by atoms with E-state index in [0.29, 0.717) is 0 Å². The summed E-state index contributed by atoms with van der Waals surface area (Å²) in [5.41, 5.74) is 3.02. The third-order valence-corrected chi connectivity index (χ3v) is 1.96. The third-order valence-electron chi connectivity index (χ3n) is 1.96. The SMILES string of the molecule is C#Cc1c(C)nn(CCC)c1C. The summed E-state index contributed by atoms with van der Waals surface area (Å²) in [6.45, 7) is 7.06. The van der Waals surface area contributed by atoms with Crippen LogP contribution in [-0.2, 0) is 6.54 Å². The lowest BCUT2D eigenvalue weighted by Crippen LogP contribution is -2.01. The summed E-state index contributed by atoms with van der Waals surface area (Å²) in [5.74, 6) is 2.66. The van der Waals surface area contributed by atoms with Gasteiger partial charge in [-0.3, -0.25) is 4.68 Å². The van der Waals surface area contributed by atoms with Gasteiger partial charge in [-0.1, -0.05) is 12.8 Å². The van der Waals surface area contributed by atoms with Crippen LogP contribution in [0.25, 0.3) is 0 Å². The Hall–Kier alpha value is -1.23. The molecule has 1 rings (SSSR count). The Balaban J connectivity index is 3.10. The van der Waals surface area contributed by atoms with Crippen LogP contribution >= 0.6 is 0 Å². The number of aromatic nitrogens is 2. The van der Waals surface area contributed by atoms with Gasteiger partial charge in [0.15, 0.2) is 0 Å². The van der Waals surface area contributed by atoms with E-state index in [4.69, 9.17) is 6.42 Å². The van der Waals surface area contributed by atoms with Crippen molar-refractivity contribution in [1.29, 1.82) is 0 Å². The minimum Gasteiger partial charge on any atom is -0.268 e. The fraction of sp³-hybridized carbons (Fsp3) is 0.500. The second-order valence-electron chi connectivity index (χ2n) is 2.91. The molecule has 2 nitrogen and oxygen atoms in total. The Morgan fingerprint density at radius 1 is 1.50 bits per heavy atom. The van der Waals surface area contributed by atoms with Crippen LogP contribution in [0.3, 0.4) is 0 Å². The fourth-order valence-corrected chi connectivity index (χ4v) is 1.34. The zero-order valence-corrected chi connectivity index (χ0v) is 7.89. The van der Waals surface area contributed by atoms with Gasteiger partial charge in [0.1, 0.15) is 0 Å². The fourth-order valence-electron chi connectivity index (χ4n) is 1.34. The standard InChI is InChI=1S/C10H14N2/c1-5-7-12-9(4)10(6-2)8(3)11-12/h2H,5,7H2,1,3-4H3. The lowest BCUT2D eigenvalue weighted by Gasteiger charge is -1.99. The predicted octanol–water partition coefficient (Wildman–Crippen LogP) is 1.89. The van der Waals surface area contributed by atoms with Crippen molar-refractivity contribution in [2.75, 3.05) is 0 Å². The van der Waals surface area contributed by atoms with E-state index in [1.807, 2.05) is 18.5 Å². The van der Waals surface area contributed by atoms with Gasteiger partial charge in [0.2, 0.25) is 0 Å². The van der Waals surface area contributed by atoms with Gasteiger partial charge in [-0.25, -0.2) is 0 Å². The van der Waals surface area contributed by atoms with E-state index in [1.165, 1.54) is 0 Å². The number of terminal acetylenes is 1. The Morgan fingerprint density at radius 2 is 2.17 bits per heavy atom. The molecule has 1 heterocycles. The molecule has 0 atom stereocenters. The van der Waals surface area contributed by atoms with Crippen LogP contribution in [0, 0.1) is 26.2 Å². The molecular formula is C10H14N2. The van der Waals surface area contributed by atoms with Crippen LogP contribution in [0.5, 0.6) is 0 Å². The predicted molar refractivity (Wildman–Crippen MR) is 49.9 cm³/mol. The van der Waals surface area contributed by atoms with Crippen LogP contribution in [0.1, 0.15) is 30.3 Å².